The highest BCUT2D eigenvalue weighted by molar-refractivity contribution is 8.00. The van der Waals surface area contributed by atoms with E-state index in [-0.39, 0.29) is 24.3 Å². The topological polar surface area (TPSA) is 13.1 Å². The quantitative estimate of drug-likeness (QED) is 0.153. The van der Waals surface area contributed by atoms with Gasteiger partial charge >= 0.3 is 0 Å². The van der Waals surface area contributed by atoms with Gasteiger partial charge in [-0.25, -0.2) is 0 Å². The first-order valence-corrected chi connectivity index (χ1v) is 23.0. The molecule has 0 atom stereocenters. The summed E-state index contributed by atoms with van der Waals surface area (Å²) < 4.78 is 5.27. The molecule has 0 radical (unpaired) electrons. The van der Waals surface area contributed by atoms with Gasteiger partial charge in [-0.05, 0) is 110 Å². The summed E-state index contributed by atoms with van der Waals surface area (Å²) in [4.78, 5) is 5.24. The van der Waals surface area contributed by atoms with Crippen molar-refractivity contribution in [2.45, 2.75) is 62.2 Å². The van der Waals surface area contributed by atoms with Gasteiger partial charge in [0, 0.05) is 59.8 Å². The van der Waals surface area contributed by atoms with Crippen molar-refractivity contribution >= 4 is 119 Å². The highest BCUT2D eigenvalue weighted by Crippen LogP contribution is 2.46. The van der Waals surface area contributed by atoms with Crippen LogP contribution in [0.15, 0.2) is 161 Å². The van der Waals surface area contributed by atoms with Gasteiger partial charge < -0.3 is 14.0 Å². The van der Waals surface area contributed by atoms with E-state index in [1.165, 1.54) is 126 Å². The number of fused-ring (bicyclic) bond motifs is 16. The van der Waals surface area contributed by atoms with Crippen molar-refractivity contribution in [2.24, 2.45) is 0 Å². The molecule has 14 rings (SSSR count). The van der Waals surface area contributed by atoms with Crippen LogP contribution in [0.5, 0.6) is 0 Å². The average molecular weight is 812 g/mol. The van der Waals surface area contributed by atoms with E-state index in [4.69, 9.17) is 0 Å². The molecule has 294 valence electrons. The Labute approximate surface area is 367 Å². The molecule has 62 heavy (non-hydrogen) atoms. The monoisotopic (exact) mass is 811 g/mol. The molecular weight excluding hydrogens is 768 g/mol. The highest BCUT2D eigenvalue weighted by atomic mass is 32.2. The molecule has 2 aromatic heterocycles. The van der Waals surface area contributed by atoms with Crippen molar-refractivity contribution in [3.8, 4) is 11.4 Å². The normalized spacial score (nSPS) is 14.5. The Morgan fingerprint density at radius 1 is 0.403 bits per heavy atom. The summed E-state index contributed by atoms with van der Waals surface area (Å²) in [5, 5.41) is 5.25. The third-order valence-electron chi connectivity index (χ3n) is 14.7. The zero-order chi connectivity index (χ0) is 41.6. The molecule has 0 amide bonds. The first kappa shape index (κ1) is 35.3. The number of nitrogens with zero attached hydrogens (tertiary/aromatic N) is 3. The van der Waals surface area contributed by atoms with Gasteiger partial charge in [0.25, 0.3) is 6.71 Å². The Balaban J connectivity index is 1.13. The Kier molecular flexibility index (Phi) is 6.69. The smallest absolute Gasteiger partial charge is 0.252 e. The number of anilines is 3. The summed E-state index contributed by atoms with van der Waals surface area (Å²) in [7, 11) is 0. The SMILES string of the molecule is CC(C)(C)c1ccc2c(c1)B1c3ccccc3Sc3ccc4c5cc6c(cc5n-2c4c31)c1ccc2c3c1n6-c1ccc(C(C)(C)C)cc1B3c1ccccc1N2c1ccccc1. The van der Waals surface area contributed by atoms with Gasteiger partial charge in [-0.1, -0.05) is 150 Å². The molecule has 4 aliphatic rings. The third-order valence-corrected chi connectivity index (χ3v) is 15.8. The Morgan fingerprint density at radius 3 is 1.58 bits per heavy atom. The van der Waals surface area contributed by atoms with Crippen molar-refractivity contribution in [1.29, 1.82) is 0 Å². The molecule has 0 bridgehead atoms. The maximum absolute atomic E-state index is 2.64. The molecule has 6 heteroatoms. The number of rotatable bonds is 1. The number of hydrogen-bond acceptors (Lipinski definition) is 2. The van der Waals surface area contributed by atoms with E-state index in [0.29, 0.717) is 0 Å². The molecule has 3 nitrogen and oxygen atoms in total. The van der Waals surface area contributed by atoms with Crippen LogP contribution in [-0.2, 0) is 10.8 Å². The molecule has 10 aromatic rings. The van der Waals surface area contributed by atoms with E-state index in [1.54, 1.807) is 0 Å². The van der Waals surface area contributed by atoms with Crippen LogP contribution >= 0.6 is 11.8 Å². The highest BCUT2D eigenvalue weighted by Gasteiger charge is 2.44. The average Bonchev–Trinajstić information content (AvgIpc) is 3.78. The van der Waals surface area contributed by atoms with E-state index < -0.39 is 0 Å². The lowest BCUT2D eigenvalue weighted by atomic mass is 9.33. The fourth-order valence-corrected chi connectivity index (χ4v) is 12.9. The lowest BCUT2D eigenvalue weighted by molar-refractivity contribution is 0.590. The minimum atomic E-state index is 0.00710. The van der Waals surface area contributed by atoms with Crippen molar-refractivity contribution in [3.63, 3.8) is 0 Å². The Bertz CT molecular complexity index is 3660. The molecule has 6 heterocycles. The largest absolute Gasteiger partial charge is 0.311 e. The molecule has 0 aliphatic carbocycles. The molecule has 0 N–H and O–H groups in total. The predicted octanol–water partition coefficient (Wildman–Crippen LogP) is 10.4. The van der Waals surface area contributed by atoms with Gasteiger partial charge in [0.15, 0.2) is 0 Å². The summed E-state index contributed by atoms with van der Waals surface area (Å²) in [5.41, 5.74) is 22.7. The molecular formula is C56H43B2N3S. The zero-order valence-electron chi connectivity index (χ0n) is 35.8. The summed E-state index contributed by atoms with van der Waals surface area (Å²) in [6.07, 6.45) is 0. The lowest BCUT2D eigenvalue weighted by Gasteiger charge is -2.40. The lowest BCUT2D eigenvalue weighted by Crippen LogP contribution is -2.60. The fourth-order valence-electron chi connectivity index (χ4n) is 11.8. The fraction of sp³-hybridized carbons (Fsp3) is 0.143. The minimum absolute atomic E-state index is 0.00710. The second-order valence-electron chi connectivity index (χ2n) is 20.1. The first-order valence-electron chi connectivity index (χ1n) is 22.2. The zero-order valence-corrected chi connectivity index (χ0v) is 36.7. The van der Waals surface area contributed by atoms with Crippen molar-refractivity contribution < 1.29 is 0 Å². The summed E-state index contributed by atoms with van der Waals surface area (Å²) in [6.45, 7) is 14.3. The van der Waals surface area contributed by atoms with Gasteiger partial charge in [0.2, 0.25) is 6.71 Å². The number of para-hydroxylation sites is 2. The van der Waals surface area contributed by atoms with Crippen LogP contribution in [0, 0.1) is 0 Å². The van der Waals surface area contributed by atoms with Crippen molar-refractivity contribution in [2.75, 3.05) is 4.90 Å². The number of hydrogen-bond donors (Lipinski definition) is 0. The minimum Gasteiger partial charge on any atom is -0.311 e. The Hall–Kier alpha value is -6.36. The molecule has 0 saturated heterocycles. The Morgan fingerprint density at radius 2 is 0.935 bits per heavy atom. The van der Waals surface area contributed by atoms with Crippen molar-refractivity contribution in [1.82, 2.24) is 9.13 Å². The number of benzene rings is 8. The second-order valence-corrected chi connectivity index (χ2v) is 21.2. The summed E-state index contributed by atoms with van der Waals surface area (Å²) in [6, 6.07) is 58.6. The van der Waals surface area contributed by atoms with Gasteiger partial charge in [-0.15, -0.1) is 0 Å². The molecule has 0 saturated carbocycles. The van der Waals surface area contributed by atoms with Gasteiger partial charge in [0.1, 0.15) is 0 Å². The summed E-state index contributed by atoms with van der Waals surface area (Å²) >= 11 is 1.94. The first-order chi connectivity index (χ1) is 30.0. The van der Waals surface area contributed by atoms with E-state index in [2.05, 4.69) is 207 Å². The van der Waals surface area contributed by atoms with E-state index in [0.717, 1.165) is 0 Å². The molecule has 4 aliphatic heterocycles. The predicted molar refractivity (Wildman–Crippen MR) is 267 cm³/mol. The van der Waals surface area contributed by atoms with Crippen LogP contribution in [0.3, 0.4) is 0 Å². The van der Waals surface area contributed by atoms with E-state index in [9.17, 15) is 0 Å². The van der Waals surface area contributed by atoms with E-state index >= 15 is 0 Å². The molecule has 0 spiro atoms. The van der Waals surface area contributed by atoms with Crippen LogP contribution in [-0.4, -0.2) is 22.6 Å². The maximum atomic E-state index is 2.64. The van der Waals surface area contributed by atoms with E-state index in [1.807, 2.05) is 11.8 Å². The molecule has 0 fully saturated rings. The molecule has 0 unspecified atom stereocenters. The van der Waals surface area contributed by atoms with Crippen LogP contribution in [0.25, 0.3) is 55.0 Å². The number of aromatic nitrogens is 2. The van der Waals surface area contributed by atoms with Crippen LogP contribution in [0.1, 0.15) is 52.7 Å². The maximum Gasteiger partial charge on any atom is 0.252 e. The standard InChI is InChI=1S/C56H43B2N3S/c1-55(2,3)32-20-24-44-41(28-32)57-39-16-10-12-18-43(39)59(34-14-8-7-9-15-34)46-26-22-35-37-30-48-38(31-47(37)60(44)53(35)51(46)57)36-23-27-50-52-54(36)61(48)45-25-21-33(56(4,5)6)29-42(45)58(52)40-17-11-13-19-49(40)62-50/h7-31H,1-6H3. The van der Waals surface area contributed by atoms with Gasteiger partial charge in [-0.2, -0.15) is 0 Å². The summed E-state index contributed by atoms with van der Waals surface area (Å²) in [5.74, 6) is 0. The van der Waals surface area contributed by atoms with Gasteiger partial charge in [0.05, 0.1) is 22.1 Å². The van der Waals surface area contributed by atoms with Gasteiger partial charge in [-0.3, -0.25) is 0 Å². The van der Waals surface area contributed by atoms with Crippen molar-refractivity contribution in [3.05, 3.63) is 163 Å². The second kappa shape index (κ2) is 11.8. The molecule has 8 aromatic carbocycles. The van der Waals surface area contributed by atoms with Crippen LogP contribution in [0.4, 0.5) is 17.1 Å². The van der Waals surface area contributed by atoms with Crippen LogP contribution < -0.4 is 37.7 Å². The van der Waals surface area contributed by atoms with Crippen LogP contribution in [0.2, 0.25) is 0 Å². The third kappa shape index (κ3) is 4.41.